The molecule has 2 unspecified atom stereocenters. The Kier molecular flexibility index (Phi) is 1.69. The first-order valence-corrected chi connectivity index (χ1v) is 6.23. The lowest BCUT2D eigenvalue weighted by molar-refractivity contribution is 0.663. The van der Waals surface area contributed by atoms with Crippen LogP contribution in [0.25, 0.3) is 12.2 Å². The summed E-state index contributed by atoms with van der Waals surface area (Å²) in [6.07, 6.45) is 16.0. The lowest BCUT2D eigenvalue weighted by Gasteiger charge is -2.35. The van der Waals surface area contributed by atoms with Gasteiger partial charge in [0.1, 0.15) is 0 Å². The van der Waals surface area contributed by atoms with Crippen molar-refractivity contribution in [1.82, 2.24) is 0 Å². The zero-order valence-electron chi connectivity index (χ0n) is 9.85. The van der Waals surface area contributed by atoms with Gasteiger partial charge in [0.25, 0.3) is 0 Å². The highest BCUT2D eigenvalue weighted by atomic mass is 14.4. The van der Waals surface area contributed by atoms with Crippen LogP contribution in [-0.4, -0.2) is 0 Å². The van der Waals surface area contributed by atoms with Crippen LogP contribution < -0.4 is 0 Å². The number of hydrogen-bond donors (Lipinski definition) is 0. The van der Waals surface area contributed by atoms with E-state index in [0.29, 0.717) is 11.8 Å². The molecule has 0 radical (unpaired) electrons. The Labute approximate surface area is 102 Å². The van der Waals surface area contributed by atoms with Crippen molar-refractivity contribution in [1.29, 1.82) is 0 Å². The molecule has 1 aromatic rings. The minimum atomic E-state index is 0.549. The third-order valence-corrected chi connectivity index (χ3v) is 4.16. The van der Waals surface area contributed by atoms with Gasteiger partial charge in [-0.15, -0.1) is 0 Å². The van der Waals surface area contributed by atoms with Crippen molar-refractivity contribution in [3.8, 4) is 0 Å². The zero-order chi connectivity index (χ0) is 11.4. The van der Waals surface area contributed by atoms with Crippen molar-refractivity contribution < 1.29 is 0 Å². The molecule has 3 aliphatic rings. The van der Waals surface area contributed by atoms with Crippen LogP contribution in [0.1, 0.15) is 28.2 Å². The molecule has 0 aromatic heterocycles. The lowest BCUT2D eigenvalue weighted by atomic mass is 9.68. The summed E-state index contributed by atoms with van der Waals surface area (Å²) in [5.41, 5.74) is 7.23. The topological polar surface area (TPSA) is 0 Å². The molecule has 0 nitrogen and oxygen atoms in total. The summed E-state index contributed by atoms with van der Waals surface area (Å²) >= 11 is 0. The second kappa shape index (κ2) is 3.10. The van der Waals surface area contributed by atoms with Crippen LogP contribution in [0, 0.1) is 12.8 Å². The highest BCUT2D eigenvalue weighted by Gasteiger charge is 2.32. The molecule has 0 bridgehead atoms. The molecule has 3 aliphatic carbocycles. The molecule has 0 aliphatic heterocycles. The van der Waals surface area contributed by atoms with E-state index >= 15 is 0 Å². The molecule has 2 atom stereocenters. The maximum absolute atomic E-state index is 2.35. The van der Waals surface area contributed by atoms with Crippen LogP contribution in [0.4, 0.5) is 0 Å². The molecule has 0 spiro atoms. The summed E-state index contributed by atoms with van der Waals surface area (Å²) in [6, 6.07) is 4.49. The minimum Gasteiger partial charge on any atom is -0.0767 e. The smallest absolute Gasteiger partial charge is 0.0199 e. The van der Waals surface area contributed by atoms with Crippen LogP contribution in [-0.2, 0) is 0 Å². The molecule has 82 valence electrons. The summed E-state index contributed by atoms with van der Waals surface area (Å²) in [6.45, 7) is 2.21. The van der Waals surface area contributed by atoms with Gasteiger partial charge in [-0.1, -0.05) is 54.7 Å². The van der Waals surface area contributed by atoms with Crippen LogP contribution in [0.2, 0.25) is 0 Å². The Morgan fingerprint density at radius 2 is 1.94 bits per heavy atom. The van der Waals surface area contributed by atoms with E-state index in [-0.39, 0.29) is 0 Å². The average molecular weight is 218 g/mol. The van der Waals surface area contributed by atoms with E-state index in [4.69, 9.17) is 0 Å². The molecule has 0 N–H and O–H groups in total. The standard InChI is InChI=1S/C17H14/c1-11-5-6-14-8-7-12-3-2-4-13-9-10-15(11)17(14)16(12)13/h2-10,13,16H,1H3. The molecule has 0 heterocycles. The van der Waals surface area contributed by atoms with Gasteiger partial charge in [-0.2, -0.15) is 0 Å². The fourth-order valence-corrected chi connectivity index (χ4v) is 3.29. The van der Waals surface area contributed by atoms with Gasteiger partial charge in [-0.25, -0.2) is 0 Å². The van der Waals surface area contributed by atoms with Gasteiger partial charge in [0, 0.05) is 11.8 Å². The van der Waals surface area contributed by atoms with E-state index in [1.165, 1.54) is 27.8 Å². The maximum atomic E-state index is 2.35. The van der Waals surface area contributed by atoms with Crippen LogP contribution in [0.5, 0.6) is 0 Å². The Morgan fingerprint density at radius 3 is 2.88 bits per heavy atom. The Morgan fingerprint density at radius 1 is 1.00 bits per heavy atom. The highest BCUT2D eigenvalue weighted by molar-refractivity contribution is 5.76. The second-order valence-electron chi connectivity index (χ2n) is 5.10. The Bertz CT molecular complexity index is 624. The number of hydrogen-bond acceptors (Lipinski definition) is 0. The van der Waals surface area contributed by atoms with E-state index in [1.807, 2.05) is 0 Å². The second-order valence-corrected chi connectivity index (χ2v) is 5.10. The van der Waals surface area contributed by atoms with E-state index in [0.717, 1.165) is 0 Å². The first kappa shape index (κ1) is 9.23. The molecule has 0 saturated carbocycles. The SMILES string of the molecule is Cc1ccc2c3c1C=CC1C=CC=C(C=C2)C31. The molecule has 1 aromatic carbocycles. The molecular weight excluding hydrogens is 204 g/mol. The van der Waals surface area contributed by atoms with Crippen molar-refractivity contribution in [2.45, 2.75) is 12.8 Å². The van der Waals surface area contributed by atoms with Crippen LogP contribution in [0.3, 0.4) is 0 Å². The quantitative estimate of drug-likeness (QED) is 0.611. The summed E-state index contributed by atoms with van der Waals surface area (Å²) < 4.78 is 0. The predicted octanol–water partition coefficient (Wildman–Crippen LogP) is 4.24. The normalized spacial score (nSPS) is 26.8. The number of rotatable bonds is 0. The van der Waals surface area contributed by atoms with Gasteiger partial charge in [-0.05, 0) is 34.8 Å². The number of benzene rings is 1. The lowest BCUT2D eigenvalue weighted by Crippen LogP contribution is -2.21. The largest absolute Gasteiger partial charge is 0.0767 e. The molecule has 0 fully saturated rings. The first-order valence-electron chi connectivity index (χ1n) is 6.23. The van der Waals surface area contributed by atoms with E-state index < -0.39 is 0 Å². The van der Waals surface area contributed by atoms with Crippen LogP contribution >= 0.6 is 0 Å². The van der Waals surface area contributed by atoms with Crippen molar-refractivity contribution in [2.24, 2.45) is 5.92 Å². The summed E-state index contributed by atoms with van der Waals surface area (Å²) in [5, 5.41) is 0. The monoisotopic (exact) mass is 218 g/mol. The highest BCUT2D eigenvalue weighted by Crippen LogP contribution is 2.47. The van der Waals surface area contributed by atoms with E-state index in [1.54, 1.807) is 0 Å². The van der Waals surface area contributed by atoms with Crippen molar-refractivity contribution in [3.05, 3.63) is 70.3 Å². The molecule has 17 heavy (non-hydrogen) atoms. The van der Waals surface area contributed by atoms with Gasteiger partial charge in [-0.3, -0.25) is 0 Å². The minimum absolute atomic E-state index is 0.549. The van der Waals surface area contributed by atoms with Crippen molar-refractivity contribution in [3.63, 3.8) is 0 Å². The summed E-state index contributed by atoms with van der Waals surface area (Å²) in [4.78, 5) is 0. The Balaban J connectivity index is 2.09. The Hall–Kier alpha value is -1.82. The van der Waals surface area contributed by atoms with Gasteiger partial charge in [0.15, 0.2) is 0 Å². The van der Waals surface area contributed by atoms with E-state index in [2.05, 4.69) is 61.6 Å². The van der Waals surface area contributed by atoms with Gasteiger partial charge >= 0.3 is 0 Å². The number of aryl methyl sites for hydroxylation is 1. The van der Waals surface area contributed by atoms with Crippen molar-refractivity contribution >= 4 is 12.2 Å². The third-order valence-electron chi connectivity index (χ3n) is 4.16. The summed E-state index contributed by atoms with van der Waals surface area (Å²) in [7, 11) is 0. The van der Waals surface area contributed by atoms with E-state index in [9.17, 15) is 0 Å². The fraction of sp³-hybridized carbons (Fsp3) is 0.176. The van der Waals surface area contributed by atoms with Crippen LogP contribution in [0.15, 0.2) is 48.1 Å². The summed E-state index contributed by atoms with van der Waals surface area (Å²) in [5.74, 6) is 1.10. The fourth-order valence-electron chi connectivity index (χ4n) is 3.29. The van der Waals surface area contributed by atoms with Gasteiger partial charge in [0.05, 0.1) is 0 Å². The first-order chi connectivity index (χ1) is 8.34. The van der Waals surface area contributed by atoms with Gasteiger partial charge in [0.2, 0.25) is 0 Å². The van der Waals surface area contributed by atoms with Gasteiger partial charge < -0.3 is 0 Å². The van der Waals surface area contributed by atoms with Crippen molar-refractivity contribution in [2.75, 3.05) is 0 Å². The average Bonchev–Trinajstić information content (AvgIpc) is 2.38. The molecular formula is C17H14. The number of allylic oxidation sites excluding steroid dienone is 6. The molecule has 0 saturated heterocycles. The third kappa shape index (κ3) is 1.13. The molecule has 0 heteroatoms. The zero-order valence-corrected chi connectivity index (χ0v) is 9.85. The molecule has 4 rings (SSSR count). The maximum Gasteiger partial charge on any atom is 0.0199 e. The molecule has 0 amide bonds. The predicted molar refractivity (Wildman–Crippen MR) is 72.7 cm³/mol.